The summed E-state index contributed by atoms with van der Waals surface area (Å²) in [5.41, 5.74) is 6.24. The van der Waals surface area contributed by atoms with E-state index in [1.165, 1.54) is 6.20 Å². The molecule has 0 saturated carbocycles. The zero-order valence-electron chi connectivity index (χ0n) is 10.6. The molecule has 1 aromatic heterocycles. The molecule has 0 atom stereocenters. The average Bonchev–Trinajstić information content (AvgIpc) is 2.28. The Morgan fingerprint density at radius 2 is 2.24 bits per heavy atom. The van der Waals surface area contributed by atoms with Crippen LogP contribution in [0.4, 0.5) is 11.5 Å². The summed E-state index contributed by atoms with van der Waals surface area (Å²) in [5.74, 6) is 0.609. The van der Waals surface area contributed by atoms with Crippen molar-refractivity contribution >= 4 is 23.1 Å². The number of nitrogens with two attached hydrogens (primary N) is 1. The molecule has 5 nitrogen and oxygen atoms in total. The first-order valence-electron chi connectivity index (χ1n) is 5.73. The van der Waals surface area contributed by atoms with Gasteiger partial charge in [0.25, 0.3) is 0 Å². The van der Waals surface area contributed by atoms with Gasteiger partial charge in [-0.05, 0) is 45.5 Å². The van der Waals surface area contributed by atoms with Crippen LogP contribution in [-0.4, -0.2) is 41.0 Å². The van der Waals surface area contributed by atoms with Crippen LogP contribution in [0.2, 0.25) is 5.28 Å². The van der Waals surface area contributed by atoms with Gasteiger partial charge in [0.15, 0.2) is 5.82 Å². The number of hydrogen-bond acceptors (Lipinski definition) is 5. The van der Waals surface area contributed by atoms with Crippen molar-refractivity contribution in [3.05, 3.63) is 11.5 Å². The number of rotatable bonds is 6. The Morgan fingerprint density at radius 3 is 2.88 bits per heavy atom. The average molecular weight is 258 g/mol. The highest BCUT2D eigenvalue weighted by atomic mass is 35.5. The fraction of sp³-hybridized carbons (Fsp3) is 0.636. The Bertz CT molecular complexity index is 356. The van der Waals surface area contributed by atoms with E-state index in [0.29, 0.717) is 17.5 Å². The molecule has 1 heterocycles. The predicted molar refractivity (Wildman–Crippen MR) is 72.3 cm³/mol. The summed E-state index contributed by atoms with van der Waals surface area (Å²) >= 11 is 5.70. The van der Waals surface area contributed by atoms with E-state index < -0.39 is 0 Å². The fourth-order valence-electron chi connectivity index (χ4n) is 1.30. The molecule has 0 amide bonds. The molecule has 0 spiro atoms. The molecule has 96 valence electrons. The molecule has 0 aliphatic rings. The zero-order valence-corrected chi connectivity index (χ0v) is 11.3. The van der Waals surface area contributed by atoms with E-state index in [4.69, 9.17) is 17.3 Å². The largest absolute Gasteiger partial charge is 0.394 e. The van der Waals surface area contributed by atoms with Crippen molar-refractivity contribution in [3.63, 3.8) is 0 Å². The first-order valence-corrected chi connectivity index (χ1v) is 6.10. The molecule has 0 aromatic carbocycles. The number of halogens is 1. The lowest BCUT2D eigenvalue weighted by molar-refractivity contribution is 0.273. The van der Waals surface area contributed by atoms with Gasteiger partial charge in [-0.3, -0.25) is 0 Å². The van der Waals surface area contributed by atoms with Crippen LogP contribution in [0.3, 0.4) is 0 Å². The molecule has 1 aromatic rings. The Labute approximate surface area is 107 Å². The summed E-state index contributed by atoms with van der Waals surface area (Å²) in [6.07, 6.45) is 2.54. The molecule has 0 unspecified atom stereocenters. The molecule has 0 aliphatic carbocycles. The summed E-state index contributed by atoms with van der Waals surface area (Å²) < 4.78 is 0. The van der Waals surface area contributed by atoms with E-state index in [1.807, 2.05) is 0 Å². The minimum absolute atomic E-state index is 0.209. The monoisotopic (exact) mass is 257 g/mol. The van der Waals surface area contributed by atoms with Crippen LogP contribution in [0.1, 0.15) is 20.3 Å². The van der Waals surface area contributed by atoms with Crippen LogP contribution in [0.15, 0.2) is 6.20 Å². The second-order valence-electron chi connectivity index (χ2n) is 4.30. The molecular formula is C11H20ClN5. The molecule has 0 saturated heterocycles. The Morgan fingerprint density at radius 1 is 1.53 bits per heavy atom. The van der Waals surface area contributed by atoms with Crippen LogP contribution >= 0.6 is 11.6 Å². The summed E-state index contributed by atoms with van der Waals surface area (Å²) in [5, 5.41) is 3.37. The van der Waals surface area contributed by atoms with Gasteiger partial charge in [0, 0.05) is 12.6 Å². The maximum atomic E-state index is 5.72. The van der Waals surface area contributed by atoms with Gasteiger partial charge >= 0.3 is 0 Å². The van der Waals surface area contributed by atoms with E-state index in [-0.39, 0.29) is 5.28 Å². The molecule has 0 aliphatic heterocycles. The van der Waals surface area contributed by atoms with Crippen molar-refractivity contribution in [1.82, 2.24) is 14.9 Å². The van der Waals surface area contributed by atoms with Gasteiger partial charge < -0.3 is 16.0 Å². The van der Waals surface area contributed by atoms with Crippen molar-refractivity contribution in [2.75, 3.05) is 31.2 Å². The summed E-state index contributed by atoms with van der Waals surface area (Å²) in [6.45, 7) is 6.20. The number of hydrogen-bond donors (Lipinski definition) is 2. The third-order valence-electron chi connectivity index (χ3n) is 2.65. The van der Waals surface area contributed by atoms with Gasteiger partial charge in [0.05, 0.1) is 11.9 Å². The van der Waals surface area contributed by atoms with Gasteiger partial charge in [-0.15, -0.1) is 0 Å². The molecule has 1 rings (SSSR count). The maximum absolute atomic E-state index is 5.72. The quantitative estimate of drug-likeness (QED) is 0.601. The van der Waals surface area contributed by atoms with Gasteiger partial charge in [-0.2, -0.15) is 4.98 Å². The van der Waals surface area contributed by atoms with Crippen LogP contribution in [0, 0.1) is 0 Å². The predicted octanol–water partition coefficient (Wildman–Crippen LogP) is 1.85. The van der Waals surface area contributed by atoms with E-state index >= 15 is 0 Å². The first kappa shape index (κ1) is 14.0. The molecular weight excluding hydrogens is 238 g/mol. The number of nitrogens with zero attached hydrogens (tertiary/aromatic N) is 3. The van der Waals surface area contributed by atoms with Crippen LogP contribution in [0.25, 0.3) is 0 Å². The van der Waals surface area contributed by atoms with Crippen molar-refractivity contribution in [1.29, 1.82) is 0 Å². The number of nitrogen functional groups attached to an aromatic ring is 1. The molecule has 17 heavy (non-hydrogen) atoms. The van der Waals surface area contributed by atoms with Gasteiger partial charge in [-0.1, -0.05) is 0 Å². The van der Waals surface area contributed by atoms with Crippen molar-refractivity contribution in [3.8, 4) is 0 Å². The number of nitrogens with one attached hydrogen (secondary N) is 1. The van der Waals surface area contributed by atoms with Crippen LogP contribution in [0.5, 0.6) is 0 Å². The lowest BCUT2D eigenvalue weighted by Gasteiger charge is -2.20. The van der Waals surface area contributed by atoms with E-state index in [2.05, 4.69) is 41.1 Å². The topological polar surface area (TPSA) is 67.1 Å². The summed E-state index contributed by atoms with van der Waals surface area (Å²) in [6, 6.07) is 0.563. The van der Waals surface area contributed by atoms with Crippen LogP contribution < -0.4 is 11.1 Å². The molecule has 0 bridgehead atoms. The van der Waals surface area contributed by atoms with E-state index in [1.54, 1.807) is 0 Å². The molecule has 3 N–H and O–H groups in total. The lowest BCUT2D eigenvalue weighted by Crippen LogP contribution is -2.28. The van der Waals surface area contributed by atoms with Crippen molar-refractivity contribution in [2.45, 2.75) is 26.3 Å². The second-order valence-corrected chi connectivity index (χ2v) is 4.64. The van der Waals surface area contributed by atoms with Gasteiger partial charge in [0.2, 0.25) is 5.28 Å². The normalized spacial score (nSPS) is 11.2. The minimum atomic E-state index is 0.209. The molecule has 0 fully saturated rings. The maximum Gasteiger partial charge on any atom is 0.224 e. The zero-order chi connectivity index (χ0) is 12.8. The molecule has 6 heteroatoms. The van der Waals surface area contributed by atoms with Crippen molar-refractivity contribution < 1.29 is 0 Å². The highest BCUT2D eigenvalue weighted by Crippen LogP contribution is 2.15. The fourth-order valence-corrected chi connectivity index (χ4v) is 1.44. The Kier molecular flexibility index (Phi) is 5.44. The number of aromatic nitrogens is 2. The van der Waals surface area contributed by atoms with Crippen molar-refractivity contribution in [2.24, 2.45) is 0 Å². The third kappa shape index (κ3) is 4.75. The first-order chi connectivity index (χ1) is 8.00. The summed E-state index contributed by atoms with van der Waals surface area (Å²) in [4.78, 5) is 10.1. The van der Waals surface area contributed by atoms with Crippen LogP contribution in [-0.2, 0) is 0 Å². The standard InChI is InChI=1S/C11H20ClN5/c1-8(2)17(3)6-4-5-14-10-9(13)7-15-11(12)16-10/h7-8H,4-6,13H2,1-3H3,(H,14,15,16). The minimum Gasteiger partial charge on any atom is -0.394 e. The Hall–Kier alpha value is -1.07. The smallest absolute Gasteiger partial charge is 0.224 e. The van der Waals surface area contributed by atoms with Gasteiger partial charge in [-0.25, -0.2) is 4.98 Å². The lowest BCUT2D eigenvalue weighted by atomic mass is 10.3. The van der Waals surface area contributed by atoms with E-state index in [0.717, 1.165) is 19.5 Å². The highest BCUT2D eigenvalue weighted by Gasteiger charge is 2.04. The van der Waals surface area contributed by atoms with Gasteiger partial charge in [0.1, 0.15) is 0 Å². The van der Waals surface area contributed by atoms with E-state index in [9.17, 15) is 0 Å². The Balaban J connectivity index is 2.33. The molecule has 0 radical (unpaired) electrons. The second kappa shape index (κ2) is 6.61. The highest BCUT2D eigenvalue weighted by molar-refractivity contribution is 6.28. The SMILES string of the molecule is CC(C)N(C)CCCNc1nc(Cl)ncc1N. The summed E-state index contributed by atoms with van der Waals surface area (Å²) in [7, 11) is 2.11. The number of anilines is 2. The third-order valence-corrected chi connectivity index (χ3v) is 2.83.